The lowest BCUT2D eigenvalue weighted by atomic mass is 10.2. The molecule has 0 saturated carbocycles. The molecule has 0 heterocycles. The van der Waals surface area contributed by atoms with Crippen LogP contribution in [0.2, 0.25) is 10.0 Å². The lowest BCUT2D eigenvalue weighted by Crippen LogP contribution is -2.08. The predicted octanol–water partition coefficient (Wildman–Crippen LogP) is 5.48. The van der Waals surface area contributed by atoms with Crippen molar-refractivity contribution in [2.45, 2.75) is 0 Å². The number of rotatable bonds is 7. The van der Waals surface area contributed by atoms with Crippen LogP contribution >= 0.6 is 23.2 Å². The van der Waals surface area contributed by atoms with Crippen molar-refractivity contribution in [2.24, 2.45) is 5.10 Å². The third-order valence-electron chi connectivity index (χ3n) is 4.03. The summed E-state index contributed by atoms with van der Waals surface area (Å²) < 4.78 is 5.27. The van der Waals surface area contributed by atoms with E-state index >= 15 is 0 Å². The Balaban J connectivity index is 1.65. The SMILES string of the molecule is O=C(Oc1ccc(/C=N\Nc2ccc([N+](=O)[O-])cc2[N+](=O)[O-])cc1)c1ccc(Cl)c(Cl)c1. The summed E-state index contributed by atoms with van der Waals surface area (Å²) in [7, 11) is 0. The van der Waals surface area contributed by atoms with E-state index < -0.39 is 27.2 Å². The summed E-state index contributed by atoms with van der Waals surface area (Å²) in [6.07, 6.45) is 1.37. The van der Waals surface area contributed by atoms with Gasteiger partial charge in [0.15, 0.2) is 0 Å². The van der Waals surface area contributed by atoms with E-state index in [9.17, 15) is 25.0 Å². The Morgan fingerprint density at radius 2 is 1.66 bits per heavy atom. The van der Waals surface area contributed by atoms with E-state index in [0.717, 1.165) is 12.1 Å². The molecule has 12 heteroatoms. The number of esters is 1. The standard InChI is InChI=1S/C20H12Cl2N4O6/c21-16-7-3-13(9-17(16)22)20(27)32-15-5-1-12(2-6-15)11-23-24-18-8-4-14(25(28)29)10-19(18)26(30)31/h1-11,24H/b23-11-. The lowest BCUT2D eigenvalue weighted by molar-refractivity contribution is -0.393. The number of hydrogen-bond donors (Lipinski definition) is 1. The Kier molecular flexibility index (Phi) is 6.98. The molecule has 3 aromatic rings. The first-order valence-electron chi connectivity index (χ1n) is 8.74. The minimum Gasteiger partial charge on any atom is -0.423 e. The van der Waals surface area contributed by atoms with Gasteiger partial charge in [-0.2, -0.15) is 5.10 Å². The van der Waals surface area contributed by atoms with Crippen LogP contribution in [0.25, 0.3) is 0 Å². The largest absolute Gasteiger partial charge is 0.423 e. The quantitative estimate of drug-likeness (QED) is 0.157. The topological polar surface area (TPSA) is 137 Å². The number of halogens is 2. The highest BCUT2D eigenvalue weighted by Gasteiger charge is 2.19. The molecular weight excluding hydrogens is 463 g/mol. The van der Waals surface area contributed by atoms with E-state index in [-0.39, 0.29) is 22.0 Å². The Hall–Kier alpha value is -4.02. The molecular formula is C20H12Cl2N4O6. The molecule has 1 N–H and O–H groups in total. The average Bonchev–Trinajstić information content (AvgIpc) is 2.76. The number of carbonyl (C=O) groups excluding carboxylic acids is 1. The van der Waals surface area contributed by atoms with Gasteiger partial charge in [-0.15, -0.1) is 0 Å². The minimum atomic E-state index is -0.748. The molecule has 162 valence electrons. The van der Waals surface area contributed by atoms with Crippen LogP contribution in [0.1, 0.15) is 15.9 Å². The molecule has 0 aliphatic carbocycles. The number of carbonyl (C=O) groups is 1. The molecule has 0 aromatic heterocycles. The van der Waals surface area contributed by atoms with Crippen LogP contribution in [0.3, 0.4) is 0 Å². The van der Waals surface area contributed by atoms with E-state index in [1.165, 1.54) is 42.6 Å². The number of non-ortho nitro benzene ring substituents is 1. The van der Waals surface area contributed by atoms with Gasteiger partial charge in [0.25, 0.3) is 5.69 Å². The van der Waals surface area contributed by atoms with Gasteiger partial charge in [0.2, 0.25) is 0 Å². The first-order chi connectivity index (χ1) is 15.2. The Morgan fingerprint density at radius 3 is 2.28 bits per heavy atom. The summed E-state index contributed by atoms with van der Waals surface area (Å²) in [6, 6.07) is 13.8. The third-order valence-corrected chi connectivity index (χ3v) is 4.77. The number of ether oxygens (including phenoxy) is 1. The fraction of sp³-hybridized carbons (Fsp3) is 0. The van der Waals surface area contributed by atoms with Crippen LogP contribution in [0.5, 0.6) is 5.75 Å². The van der Waals surface area contributed by atoms with E-state index in [1.54, 1.807) is 12.1 Å². The highest BCUT2D eigenvalue weighted by Crippen LogP contribution is 2.29. The molecule has 0 fully saturated rings. The zero-order valence-corrected chi connectivity index (χ0v) is 17.4. The van der Waals surface area contributed by atoms with E-state index in [0.29, 0.717) is 10.6 Å². The fourth-order valence-corrected chi connectivity index (χ4v) is 2.76. The van der Waals surface area contributed by atoms with Crippen molar-refractivity contribution in [1.82, 2.24) is 0 Å². The predicted molar refractivity (Wildman–Crippen MR) is 119 cm³/mol. The second-order valence-corrected chi connectivity index (χ2v) is 6.99. The van der Waals surface area contributed by atoms with Crippen LogP contribution in [0.15, 0.2) is 65.8 Å². The van der Waals surface area contributed by atoms with Crippen molar-refractivity contribution in [3.05, 3.63) is 102 Å². The lowest BCUT2D eigenvalue weighted by Gasteiger charge is -2.06. The molecule has 0 amide bonds. The molecule has 0 atom stereocenters. The van der Waals surface area contributed by atoms with Crippen LogP contribution < -0.4 is 10.2 Å². The number of anilines is 1. The normalized spacial score (nSPS) is 10.7. The Morgan fingerprint density at radius 1 is 0.938 bits per heavy atom. The van der Waals surface area contributed by atoms with Gasteiger partial charge in [-0.1, -0.05) is 23.2 Å². The van der Waals surface area contributed by atoms with Crippen LogP contribution in [0.4, 0.5) is 17.1 Å². The van der Waals surface area contributed by atoms with Crippen molar-refractivity contribution in [1.29, 1.82) is 0 Å². The van der Waals surface area contributed by atoms with Gasteiger partial charge in [0, 0.05) is 6.07 Å². The molecule has 32 heavy (non-hydrogen) atoms. The van der Waals surface area contributed by atoms with Gasteiger partial charge >= 0.3 is 11.7 Å². The van der Waals surface area contributed by atoms with E-state index in [1.807, 2.05) is 0 Å². The molecule has 3 aromatic carbocycles. The first kappa shape index (κ1) is 22.7. The number of nitro groups is 2. The summed E-state index contributed by atoms with van der Waals surface area (Å²) in [4.78, 5) is 32.6. The number of nitro benzene ring substituents is 2. The molecule has 0 radical (unpaired) electrons. The summed E-state index contributed by atoms with van der Waals surface area (Å²) in [5.41, 5.74) is 2.41. The van der Waals surface area contributed by atoms with Crippen LogP contribution in [0, 0.1) is 20.2 Å². The molecule has 0 bridgehead atoms. The van der Waals surface area contributed by atoms with Crippen molar-refractivity contribution in [3.63, 3.8) is 0 Å². The zero-order chi connectivity index (χ0) is 23.3. The number of nitrogens with zero attached hydrogens (tertiary/aromatic N) is 3. The van der Waals surface area contributed by atoms with Gasteiger partial charge in [0.05, 0.1) is 37.7 Å². The van der Waals surface area contributed by atoms with Gasteiger partial charge in [0.1, 0.15) is 11.4 Å². The summed E-state index contributed by atoms with van der Waals surface area (Å²) >= 11 is 11.7. The van der Waals surface area contributed by atoms with Gasteiger partial charge in [-0.3, -0.25) is 25.7 Å². The molecule has 0 aliphatic heterocycles. The Labute approximate surface area is 190 Å². The maximum atomic E-state index is 12.2. The monoisotopic (exact) mass is 474 g/mol. The summed E-state index contributed by atoms with van der Waals surface area (Å²) in [6.45, 7) is 0. The summed E-state index contributed by atoms with van der Waals surface area (Å²) in [5, 5.41) is 26.4. The number of hydrazone groups is 1. The van der Waals surface area contributed by atoms with Crippen LogP contribution in [-0.2, 0) is 0 Å². The van der Waals surface area contributed by atoms with Gasteiger partial charge in [-0.25, -0.2) is 4.79 Å². The minimum absolute atomic E-state index is 0.0102. The maximum Gasteiger partial charge on any atom is 0.343 e. The van der Waals surface area contributed by atoms with Gasteiger partial charge in [-0.05, 0) is 54.1 Å². The smallest absolute Gasteiger partial charge is 0.343 e. The second-order valence-electron chi connectivity index (χ2n) is 6.17. The molecule has 0 saturated heterocycles. The zero-order valence-electron chi connectivity index (χ0n) is 15.9. The number of nitrogens with one attached hydrogen (secondary N) is 1. The van der Waals surface area contributed by atoms with Crippen molar-refractivity contribution in [3.8, 4) is 5.75 Å². The van der Waals surface area contributed by atoms with E-state index in [2.05, 4.69) is 10.5 Å². The van der Waals surface area contributed by atoms with Crippen molar-refractivity contribution in [2.75, 3.05) is 5.43 Å². The molecule has 3 rings (SSSR count). The maximum absolute atomic E-state index is 12.2. The van der Waals surface area contributed by atoms with Crippen LogP contribution in [-0.4, -0.2) is 22.0 Å². The molecule has 0 unspecified atom stereocenters. The average molecular weight is 475 g/mol. The van der Waals surface area contributed by atoms with Gasteiger partial charge < -0.3 is 4.74 Å². The third kappa shape index (κ3) is 5.56. The van der Waals surface area contributed by atoms with Crippen molar-refractivity contribution >= 4 is 52.4 Å². The highest BCUT2D eigenvalue weighted by molar-refractivity contribution is 6.42. The first-order valence-corrected chi connectivity index (χ1v) is 9.49. The fourth-order valence-electron chi connectivity index (χ4n) is 2.47. The second kappa shape index (κ2) is 9.86. The highest BCUT2D eigenvalue weighted by atomic mass is 35.5. The molecule has 0 spiro atoms. The summed E-state index contributed by atoms with van der Waals surface area (Å²) in [5.74, 6) is -0.339. The Bertz CT molecular complexity index is 1230. The number of benzene rings is 3. The number of hydrogen-bond acceptors (Lipinski definition) is 8. The molecule has 0 aliphatic rings. The van der Waals surface area contributed by atoms with E-state index in [4.69, 9.17) is 27.9 Å². The molecule has 10 nitrogen and oxygen atoms in total. The van der Waals surface area contributed by atoms with Crippen molar-refractivity contribution < 1.29 is 19.4 Å².